The highest BCUT2D eigenvalue weighted by Crippen LogP contribution is 2.13. The van der Waals surface area contributed by atoms with E-state index in [1.165, 1.54) is 18.4 Å². The Balaban J connectivity index is 2.40. The Morgan fingerprint density at radius 2 is 1.85 bits per heavy atom. The van der Waals surface area contributed by atoms with E-state index in [1.807, 2.05) is 12.1 Å². The van der Waals surface area contributed by atoms with E-state index >= 15 is 0 Å². The second kappa shape index (κ2) is 6.03. The molecule has 0 radical (unpaired) electrons. The van der Waals surface area contributed by atoms with Crippen LogP contribution in [0.15, 0.2) is 24.3 Å². The first-order chi connectivity index (χ1) is 6.36. The highest BCUT2D eigenvalue weighted by molar-refractivity contribution is 9.09. The molecular formula is C11H15BrO. The molecule has 1 aromatic carbocycles. The van der Waals surface area contributed by atoms with Crippen molar-refractivity contribution in [1.82, 2.24) is 0 Å². The van der Waals surface area contributed by atoms with Gasteiger partial charge in [0.05, 0.1) is 7.11 Å². The molecule has 1 rings (SSSR count). The molecule has 0 fully saturated rings. The Hall–Kier alpha value is -0.500. The van der Waals surface area contributed by atoms with E-state index in [9.17, 15) is 0 Å². The summed E-state index contributed by atoms with van der Waals surface area (Å²) in [7, 11) is 1.69. The van der Waals surface area contributed by atoms with Gasteiger partial charge in [0.15, 0.2) is 0 Å². The quantitative estimate of drug-likeness (QED) is 0.568. The summed E-state index contributed by atoms with van der Waals surface area (Å²) in [4.78, 5) is 0. The van der Waals surface area contributed by atoms with E-state index < -0.39 is 0 Å². The maximum Gasteiger partial charge on any atom is 0.118 e. The van der Waals surface area contributed by atoms with Gasteiger partial charge in [-0.2, -0.15) is 0 Å². The zero-order valence-electron chi connectivity index (χ0n) is 7.92. The molecule has 0 heterocycles. The van der Waals surface area contributed by atoms with Crippen molar-refractivity contribution in [1.29, 1.82) is 0 Å². The number of hydrogen-bond acceptors (Lipinski definition) is 1. The van der Waals surface area contributed by atoms with Gasteiger partial charge < -0.3 is 4.74 Å². The molecular weight excluding hydrogens is 228 g/mol. The van der Waals surface area contributed by atoms with Gasteiger partial charge in [-0.1, -0.05) is 28.1 Å². The molecule has 2 heteroatoms. The third-order valence-corrected chi connectivity index (χ3v) is 2.57. The van der Waals surface area contributed by atoms with Crippen LogP contribution in [-0.4, -0.2) is 12.4 Å². The molecule has 13 heavy (non-hydrogen) atoms. The van der Waals surface area contributed by atoms with Gasteiger partial charge in [0.2, 0.25) is 0 Å². The lowest BCUT2D eigenvalue weighted by Crippen LogP contribution is -1.87. The summed E-state index contributed by atoms with van der Waals surface area (Å²) in [6.07, 6.45) is 3.65. The monoisotopic (exact) mass is 242 g/mol. The number of benzene rings is 1. The molecule has 0 aliphatic carbocycles. The summed E-state index contributed by atoms with van der Waals surface area (Å²) >= 11 is 3.43. The molecule has 0 saturated heterocycles. The van der Waals surface area contributed by atoms with Crippen molar-refractivity contribution >= 4 is 15.9 Å². The molecule has 0 aromatic heterocycles. The zero-order valence-corrected chi connectivity index (χ0v) is 9.51. The second-order valence-corrected chi connectivity index (χ2v) is 3.79. The summed E-state index contributed by atoms with van der Waals surface area (Å²) in [5.74, 6) is 0.934. The average molecular weight is 243 g/mol. The van der Waals surface area contributed by atoms with E-state index in [1.54, 1.807) is 7.11 Å². The van der Waals surface area contributed by atoms with Gasteiger partial charge in [-0.3, -0.25) is 0 Å². The van der Waals surface area contributed by atoms with Crippen LogP contribution in [0.2, 0.25) is 0 Å². The Labute approximate surface area is 88.2 Å². The molecule has 0 aliphatic rings. The first-order valence-electron chi connectivity index (χ1n) is 4.55. The average Bonchev–Trinajstić information content (AvgIpc) is 2.19. The van der Waals surface area contributed by atoms with E-state index in [2.05, 4.69) is 28.1 Å². The van der Waals surface area contributed by atoms with E-state index in [-0.39, 0.29) is 0 Å². The van der Waals surface area contributed by atoms with Crippen LogP contribution >= 0.6 is 15.9 Å². The predicted octanol–water partition coefficient (Wildman–Crippen LogP) is 3.41. The fourth-order valence-electron chi connectivity index (χ4n) is 1.22. The van der Waals surface area contributed by atoms with Crippen LogP contribution in [0.1, 0.15) is 18.4 Å². The van der Waals surface area contributed by atoms with Crippen LogP contribution in [0.25, 0.3) is 0 Å². The van der Waals surface area contributed by atoms with Gasteiger partial charge in [0, 0.05) is 5.33 Å². The van der Waals surface area contributed by atoms with Crippen molar-refractivity contribution in [2.45, 2.75) is 19.3 Å². The van der Waals surface area contributed by atoms with Crippen LogP contribution in [0.3, 0.4) is 0 Å². The maximum atomic E-state index is 5.09. The number of unbranched alkanes of at least 4 members (excludes halogenated alkanes) is 1. The maximum absolute atomic E-state index is 5.09. The minimum Gasteiger partial charge on any atom is -0.497 e. The normalized spacial score (nSPS) is 10.0. The van der Waals surface area contributed by atoms with Crippen LogP contribution in [0.5, 0.6) is 5.75 Å². The molecule has 1 aromatic rings. The number of rotatable bonds is 5. The van der Waals surface area contributed by atoms with Crippen molar-refractivity contribution in [3.05, 3.63) is 29.8 Å². The molecule has 0 N–H and O–H groups in total. The molecule has 0 saturated carbocycles. The topological polar surface area (TPSA) is 9.23 Å². The number of halogens is 1. The fourth-order valence-corrected chi connectivity index (χ4v) is 1.61. The van der Waals surface area contributed by atoms with Gasteiger partial charge in [-0.25, -0.2) is 0 Å². The standard InChI is InChI=1S/C11H15BrO/c1-13-11-7-5-10(6-8-11)4-2-3-9-12/h5-8H,2-4,9H2,1H3. The highest BCUT2D eigenvalue weighted by atomic mass is 79.9. The molecule has 0 unspecified atom stereocenters. The van der Waals surface area contributed by atoms with Crippen LogP contribution in [0.4, 0.5) is 0 Å². The Bertz CT molecular complexity index is 230. The highest BCUT2D eigenvalue weighted by Gasteiger charge is 1.93. The van der Waals surface area contributed by atoms with Crippen molar-refractivity contribution < 1.29 is 4.74 Å². The van der Waals surface area contributed by atoms with Crippen LogP contribution < -0.4 is 4.74 Å². The SMILES string of the molecule is COc1ccc(CCCCBr)cc1. The zero-order chi connectivity index (χ0) is 9.52. The van der Waals surface area contributed by atoms with Gasteiger partial charge in [-0.15, -0.1) is 0 Å². The van der Waals surface area contributed by atoms with Crippen molar-refractivity contribution in [3.63, 3.8) is 0 Å². The van der Waals surface area contributed by atoms with Crippen LogP contribution in [-0.2, 0) is 6.42 Å². The molecule has 0 aliphatic heterocycles. The minimum atomic E-state index is 0.934. The summed E-state index contributed by atoms with van der Waals surface area (Å²) in [6, 6.07) is 8.30. The molecule has 72 valence electrons. The number of methoxy groups -OCH3 is 1. The smallest absolute Gasteiger partial charge is 0.118 e. The largest absolute Gasteiger partial charge is 0.497 e. The van der Waals surface area contributed by atoms with Crippen molar-refractivity contribution in [2.24, 2.45) is 0 Å². The van der Waals surface area contributed by atoms with Crippen LogP contribution in [0, 0.1) is 0 Å². The number of aryl methyl sites for hydroxylation is 1. The summed E-state index contributed by atoms with van der Waals surface area (Å²) in [6.45, 7) is 0. The van der Waals surface area contributed by atoms with Gasteiger partial charge in [-0.05, 0) is 37.0 Å². The number of ether oxygens (including phenoxy) is 1. The molecule has 0 amide bonds. The lowest BCUT2D eigenvalue weighted by molar-refractivity contribution is 0.414. The fraction of sp³-hybridized carbons (Fsp3) is 0.455. The minimum absolute atomic E-state index is 0.934. The van der Waals surface area contributed by atoms with Gasteiger partial charge >= 0.3 is 0 Å². The second-order valence-electron chi connectivity index (χ2n) is 2.99. The Morgan fingerprint density at radius 1 is 1.15 bits per heavy atom. The number of alkyl halides is 1. The van der Waals surface area contributed by atoms with E-state index in [0.717, 1.165) is 17.5 Å². The lowest BCUT2D eigenvalue weighted by Gasteiger charge is -2.02. The van der Waals surface area contributed by atoms with E-state index in [4.69, 9.17) is 4.74 Å². The predicted molar refractivity (Wildman–Crippen MR) is 59.7 cm³/mol. The third-order valence-electron chi connectivity index (χ3n) is 2.01. The van der Waals surface area contributed by atoms with Crippen molar-refractivity contribution in [2.75, 3.05) is 12.4 Å². The number of hydrogen-bond donors (Lipinski definition) is 0. The molecule has 0 atom stereocenters. The summed E-state index contributed by atoms with van der Waals surface area (Å²) in [5.41, 5.74) is 1.39. The lowest BCUT2D eigenvalue weighted by atomic mass is 10.1. The van der Waals surface area contributed by atoms with E-state index in [0.29, 0.717) is 0 Å². The Morgan fingerprint density at radius 3 is 2.38 bits per heavy atom. The summed E-state index contributed by atoms with van der Waals surface area (Å²) < 4.78 is 5.09. The molecule has 0 bridgehead atoms. The van der Waals surface area contributed by atoms with Gasteiger partial charge in [0.25, 0.3) is 0 Å². The Kier molecular flexibility index (Phi) is 4.91. The molecule has 1 nitrogen and oxygen atoms in total. The molecule has 0 spiro atoms. The first kappa shape index (κ1) is 10.6. The van der Waals surface area contributed by atoms with Crippen molar-refractivity contribution in [3.8, 4) is 5.75 Å². The van der Waals surface area contributed by atoms with Gasteiger partial charge in [0.1, 0.15) is 5.75 Å². The first-order valence-corrected chi connectivity index (χ1v) is 5.68. The third kappa shape index (κ3) is 3.81. The summed E-state index contributed by atoms with van der Waals surface area (Å²) in [5, 5.41) is 1.10.